The first-order chi connectivity index (χ1) is 12.4. The SMILES string of the molecule is Cc1ccc(S(=O)(=O)OCc2ccc(Oc3ccccc3F)cc2)cc1. The molecule has 0 aromatic heterocycles. The largest absolute Gasteiger partial charge is 0.454 e. The molecule has 3 aromatic carbocycles. The van der Waals surface area contributed by atoms with E-state index in [-0.39, 0.29) is 17.3 Å². The number of hydrogen-bond acceptors (Lipinski definition) is 4. The van der Waals surface area contributed by atoms with Gasteiger partial charge in [-0.15, -0.1) is 0 Å². The average molecular weight is 372 g/mol. The quantitative estimate of drug-likeness (QED) is 0.582. The Kier molecular flexibility index (Phi) is 5.35. The Hall–Kier alpha value is -2.70. The maximum atomic E-state index is 13.6. The van der Waals surface area contributed by atoms with Crippen molar-refractivity contribution in [1.29, 1.82) is 0 Å². The Morgan fingerprint density at radius 1 is 0.885 bits per heavy atom. The minimum absolute atomic E-state index is 0.101. The molecule has 0 heterocycles. The van der Waals surface area contributed by atoms with Crippen LogP contribution in [-0.2, 0) is 20.9 Å². The summed E-state index contributed by atoms with van der Waals surface area (Å²) in [6.07, 6.45) is 0. The maximum absolute atomic E-state index is 13.6. The fourth-order valence-corrected chi connectivity index (χ4v) is 3.12. The lowest BCUT2D eigenvalue weighted by Gasteiger charge is -2.08. The zero-order valence-electron chi connectivity index (χ0n) is 14.1. The molecule has 134 valence electrons. The van der Waals surface area contributed by atoms with E-state index in [4.69, 9.17) is 8.92 Å². The normalized spacial score (nSPS) is 11.3. The van der Waals surface area contributed by atoms with Gasteiger partial charge < -0.3 is 4.74 Å². The number of halogens is 1. The molecular formula is C20H17FO4S. The highest BCUT2D eigenvalue weighted by Crippen LogP contribution is 2.24. The molecule has 0 spiro atoms. The molecule has 0 aliphatic carbocycles. The van der Waals surface area contributed by atoms with Crippen LogP contribution in [0.15, 0.2) is 77.7 Å². The number of aryl methyl sites for hydroxylation is 1. The average Bonchev–Trinajstić information content (AvgIpc) is 2.63. The molecule has 0 aliphatic heterocycles. The van der Waals surface area contributed by atoms with E-state index in [9.17, 15) is 12.8 Å². The van der Waals surface area contributed by atoms with Crippen molar-refractivity contribution >= 4 is 10.1 Å². The summed E-state index contributed by atoms with van der Waals surface area (Å²) in [5, 5.41) is 0. The molecule has 0 aliphatic rings. The van der Waals surface area contributed by atoms with Crippen LogP contribution in [0, 0.1) is 12.7 Å². The summed E-state index contributed by atoms with van der Waals surface area (Å²) in [6.45, 7) is 1.78. The molecule has 0 saturated heterocycles. The molecule has 0 amide bonds. The fourth-order valence-electron chi connectivity index (χ4n) is 2.23. The van der Waals surface area contributed by atoms with Crippen LogP contribution in [0.2, 0.25) is 0 Å². The minimum Gasteiger partial charge on any atom is -0.454 e. The number of benzene rings is 3. The third-order valence-corrected chi connectivity index (χ3v) is 4.96. The van der Waals surface area contributed by atoms with E-state index in [0.29, 0.717) is 11.3 Å². The van der Waals surface area contributed by atoms with Crippen molar-refractivity contribution in [2.45, 2.75) is 18.4 Å². The first-order valence-electron chi connectivity index (χ1n) is 7.91. The Morgan fingerprint density at radius 2 is 1.54 bits per heavy atom. The molecule has 26 heavy (non-hydrogen) atoms. The third kappa shape index (κ3) is 4.47. The summed E-state index contributed by atoms with van der Waals surface area (Å²) >= 11 is 0. The van der Waals surface area contributed by atoms with Crippen LogP contribution in [0.25, 0.3) is 0 Å². The second kappa shape index (κ2) is 7.68. The molecule has 0 radical (unpaired) electrons. The first kappa shape index (κ1) is 18.1. The second-order valence-electron chi connectivity index (χ2n) is 5.71. The molecule has 0 saturated carbocycles. The fraction of sp³-hybridized carbons (Fsp3) is 0.100. The van der Waals surface area contributed by atoms with Gasteiger partial charge in [0, 0.05) is 0 Å². The molecule has 0 N–H and O–H groups in total. The van der Waals surface area contributed by atoms with Crippen LogP contribution in [0.4, 0.5) is 4.39 Å². The predicted octanol–water partition coefficient (Wildman–Crippen LogP) is 4.83. The van der Waals surface area contributed by atoms with Crippen molar-refractivity contribution < 1.29 is 21.7 Å². The van der Waals surface area contributed by atoms with E-state index >= 15 is 0 Å². The number of para-hydroxylation sites is 1. The van der Waals surface area contributed by atoms with Crippen LogP contribution in [0.5, 0.6) is 11.5 Å². The zero-order valence-corrected chi connectivity index (χ0v) is 14.9. The van der Waals surface area contributed by atoms with Crippen molar-refractivity contribution in [3.05, 3.63) is 89.7 Å². The van der Waals surface area contributed by atoms with Gasteiger partial charge >= 0.3 is 0 Å². The van der Waals surface area contributed by atoms with E-state index < -0.39 is 15.9 Å². The van der Waals surface area contributed by atoms with E-state index in [0.717, 1.165) is 5.56 Å². The molecule has 0 bridgehead atoms. The lowest BCUT2D eigenvalue weighted by atomic mass is 10.2. The summed E-state index contributed by atoms with van der Waals surface area (Å²) in [5.74, 6) is 0.114. The smallest absolute Gasteiger partial charge is 0.297 e. The molecule has 3 rings (SSSR count). The van der Waals surface area contributed by atoms with Crippen LogP contribution in [0.3, 0.4) is 0 Å². The monoisotopic (exact) mass is 372 g/mol. The van der Waals surface area contributed by atoms with E-state index in [2.05, 4.69) is 0 Å². The zero-order chi connectivity index (χ0) is 18.6. The molecule has 0 fully saturated rings. The standard InChI is InChI=1S/C20H17FO4S/c1-15-6-12-18(13-7-15)26(22,23)24-14-16-8-10-17(11-9-16)25-20-5-3-2-4-19(20)21/h2-13H,14H2,1H3. The van der Waals surface area contributed by atoms with Crippen molar-refractivity contribution in [1.82, 2.24) is 0 Å². The van der Waals surface area contributed by atoms with Gasteiger partial charge in [0.05, 0.1) is 11.5 Å². The van der Waals surface area contributed by atoms with Gasteiger partial charge in [-0.25, -0.2) is 4.39 Å². The van der Waals surface area contributed by atoms with E-state index in [1.807, 2.05) is 6.92 Å². The van der Waals surface area contributed by atoms with Crippen molar-refractivity contribution in [3.8, 4) is 11.5 Å². The number of rotatable bonds is 6. The van der Waals surface area contributed by atoms with Gasteiger partial charge in [-0.1, -0.05) is 42.0 Å². The Labute approximate surface area is 152 Å². The van der Waals surface area contributed by atoms with E-state index in [1.54, 1.807) is 48.5 Å². The number of hydrogen-bond donors (Lipinski definition) is 0. The van der Waals surface area contributed by atoms with Crippen LogP contribution >= 0.6 is 0 Å². The summed E-state index contributed by atoms with van der Waals surface area (Å²) in [4.78, 5) is 0.114. The first-order valence-corrected chi connectivity index (χ1v) is 9.32. The highest BCUT2D eigenvalue weighted by atomic mass is 32.2. The van der Waals surface area contributed by atoms with Gasteiger partial charge in [-0.05, 0) is 48.9 Å². The van der Waals surface area contributed by atoms with Gasteiger partial charge in [0.25, 0.3) is 10.1 Å². The van der Waals surface area contributed by atoms with Crippen LogP contribution < -0.4 is 4.74 Å². The van der Waals surface area contributed by atoms with Crippen LogP contribution in [0.1, 0.15) is 11.1 Å². The van der Waals surface area contributed by atoms with Gasteiger partial charge in [-0.2, -0.15) is 8.42 Å². The molecule has 3 aromatic rings. The summed E-state index contributed by atoms with van der Waals surface area (Å²) in [7, 11) is -3.82. The molecule has 0 unspecified atom stereocenters. The molecular weight excluding hydrogens is 355 g/mol. The Balaban J connectivity index is 1.64. The van der Waals surface area contributed by atoms with Gasteiger partial charge in [0.2, 0.25) is 0 Å². The lowest BCUT2D eigenvalue weighted by Crippen LogP contribution is -2.06. The van der Waals surface area contributed by atoms with Crippen molar-refractivity contribution in [2.24, 2.45) is 0 Å². The topological polar surface area (TPSA) is 52.6 Å². The predicted molar refractivity (Wildman–Crippen MR) is 96.1 cm³/mol. The second-order valence-corrected chi connectivity index (χ2v) is 7.32. The van der Waals surface area contributed by atoms with Gasteiger partial charge in [-0.3, -0.25) is 4.18 Å². The van der Waals surface area contributed by atoms with Gasteiger partial charge in [0.1, 0.15) is 5.75 Å². The Morgan fingerprint density at radius 3 is 2.19 bits per heavy atom. The maximum Gasteiger partial charge on any atom is 0.297 e. The highest BCUT2D eigenvalue weighted by molar-refractivity contribution is 7.86. The summed E-state index contributed by atoms with van der Waals surface area (Å²) in [6, 6.07) is 19.1. The van der Waals surface area contributed by atoms with Crippen molar-refractivity contribution in [2.75, 3.05) is 0 Å². The summed E-state index contributed by atoms with van der Waals surface area (Å²) < 4.78 is 48.5. The minimum atomic E-state index is -3.82. The third-order valence-electron chi connectivity index (χ3n) is 3.68. The molecule has 4 nitrogen and oxygen atoms in total. The molecule has 0 atom stereocenters. The highest BCUT2D eigenvalue weighted by Gasteiger charge is 2.15. The molecule has 6 heteroatoms. The summed E-state index contributed by atoms with van der Waals surface area (Å²) in [5.41, 5.74) is 1.62. The van der Waals surface area contributed by atoms with Crippen molar-refractivity contribution in [3.63, 3.8) is 0 Å². The number of ether oxygens (including phenoxy) is 1. The van der Waals surface area contributed by atoms with E-state index in [1.165, 1.54) is 24.3 Å². The van der Waals surface area contributed by atoms with Crippen LogP contribution in [-0.4, -0.2) is 8.42 Å². The lowest BCUT2D eigenvalue weighted by molar-refractivity contribution is 0.308. The van der Waals surface area contributed by atoms with Gasteiger partial charge in [0.15, 0.2) is 11.6 Å². The Bertz CT molecular complexity index is 981.